The Kier molecular flexibility index (Phi) is 8.21. The maximum Gasteiger partial charge on any atom is 0.338 e. The molecule has 0 saturated heterocycles. The van der Waals surface area contributed by atoms with Crippen LogP contribution in [0, 0.1) is 6.92 Å². The normalized spacial score (nSPS) is 10.2. The number of rotatable bonds is 9. The van der Waals surface area contributed by atoms with E-state index >= 15 is 0 Å². The SMILES string of the molecule is CCOC(=O)c1ccc(N(CCNC(=O)COc2ccc(C)cc2)C(C)=O)cc1. The Morgan fingerprint density at radius 1 is 1.00 bits per heavy atom. The molecule has 0 fully saturated rings. The number of carbonyl (C=O) groups excluding carboxylic acids is 3. The third kappa shape index (κ3) is 6.95. The Hall–Kier alpha value is -3.35. The van der Waals surface area contributed by atoms with Gasteiger partial charge in [0.1, 0.15) is 5.75 Å². The van der Waals surface area contributed by atoms with Crippen LogP contribution in [0.3, 0.4) is 0 Å². The molecule has 0 aliphatic heterocycles. The highest BCUT2D eigenvalue weighted by atomic mass is 16.5. The van der Waals surface area contributed by atoms with Gasteiger partial charge in [0.2, 0.25) is 5.91 Å². The fourth-order valence-electron chi connectivity index (χ4n) is 2.60. The number of hydrogen-bond acceptors (Lipinski definition) is 5. The molecule has 154 valence electrons. The molecule has 7 nitrogen and oxygen atoms in total. The summed E-state index contributed by atoms with van der Waals surface area (Å²) in [6.07, 6.45) is 0. The lowest BCUT2D eigenvalue weighted by Crippen LogP contribution is -2.39. The summed E-state index contributed by atoms with van der Waals surface area (Å²) in [5.74, 6) is -0.224. The number of amides is 2. The van der Waals surface area contributed by atoms with Crippen LogP contribution >= 0.6 is 0 Å². The maximum atomic E-state index is 12.0. The van der Waals surface area contributed by atoms with E-state index in [1.54, 1.807) is 43.3 Å². The molecule has 0 aliphatic rings. The molecule has 1 N–H and O–H groups in total. The molecule has 29 heavy (non-hydrogen) atoms. The van der Waals surface area contributed by atoms with Gasteiger partial charge in [0.05, 0.1) is 12.2 Å². The van der Waals surface area contributed by atoms with Gasteiger partial charge in [-0.25, -0.2) is 4.79 Å². The van der Waals surface area contributed by atoms with Crippen molar-refractivity contribution in [2.24, 2.45) is 0 Å². The van der Waals surface area contributed by atoms with Gasteiger partial charge in [0.15, 0.2) is 6.61 Å². The average Bonchev–Trinajstić information content (AvgIpc) is 2.71. The van der Waals surface area contributed by atoms with Crippen molar-refractivity contribution in [1.82, 2.24) is 5.32 Å². The Morgan fingerprint density at radius 2 is 1.66 bits per heavy atom. The van der Waals surface area contributed by atoms with Gasteiger partial charge in [0.25, 0.3) is 5.91 Å². The molecule has 2 amide bonds. The number of esters is 1. The van der Waals surface area contributed by atoms with E-state index in [4.69, 9.17) is 9.47 Å². The van der Waals surface area contributed by atoms with Crippen LogP contribution in [0.25, 0.3) is 0 Å². The van der Waals surface area contributed by atoms with Crippen LogP contribution in [0.4, 0.5) is 5.69 Å². The van der Waals surface area contributed by atoms with Crippen molar-refractivity contribution in [3.63, 3.8) is 0 Å². The van der Waals surface area contributed by atoms with Crippen LogP contribution < -0.4 is 15.0 Å². The molecule has 0 radical (unpaired) electrons. The molecule has 0 heterocycles. The van der Waals surface area contributed by atoms with E-state index in [1.165, 1.54) is 11.8 Å². The van der Waals surface area contributed by atoms with Gasteiger partial charge >= 0.3 is 5.97 Å². The summed E-state index contributed by atoms with van der Waals surface area (Å²) in [6, 6.07) is 14.0. The predicted octanol–water partition coefficient (Wildman–Crippen LogP) is 2.72. The molecule has 0 bridgehead atoms. The lowest BCUT2D eigenvalue weighted by atomic mass is 10.2. The molecule has 0 atom stereocenters. The summed E-state index contributed by atoms with van der Waals surface area (Å²) in [4.78, 5) is 37.2. The first-order valence-corrected chi connectivity index (χ1v) is 9.42. The third-order valence-electron chi connectivity index (χ3n) is 4.12. The Morgan fingerprint density at radius 3 is 2.24 bits per heavy atom. The van der Waals surface area contributed by atoms with Crippen LogP contribution in [0.15, 0.2) is 48.5 Å². The zero-order valence-corrected chi connectivity index (χ0v) is 16.9. The molecule has 2 rings (SSSR count). The van der Waals surface area contributed by atoms with Crippen molar-refractivity contribution >= 4 is 23.5 Å². The Bertz CT molecular complexity index is 831. The van der Waals surface area contributed by atoms with Crippen LogP contribution in [-0.2, 0) is 14.3 Å². The van der Waals surface area contributed by atoms with E-state index in [9.17, 15) is 14.4 Å². The zero-order chi connectivity index (χ0) is 21.2. The third-order valence-corrected chi connectivity index (χ3v) is 4.12. The van der Waals surface area contributed by atoms with Crippen molar-refractivity contribution in [3.05, 3.63) is 59.7 Å². The lowest BCUT2D eigenvalue weighted by Gasteiger charge is -2.21. The zero-order valence-electron chi connectivity index (χ0n) is 16.9. The molecule has 2 aromatic rings. The maximum absolute atomic E-state index is 12.0. The van der Waals surface area contributed by atoms with E-state index < -0.39 is 5.97 Å². The molecular weight excluding hydrogens is 372 g/mol. The van der Waals surface area contributed by atoms with Gasteiger partial charge in [-0.15, -0.1) is 0 Å². The van der Waals surface area contributed by atoms with Crippen LogP contribution in [0.2, 0.25) is 0 Å². The fraction of sp³-hybridized carbons (Fsp3) is 0.318. The second-order valence-corrected chi connectivity index (χ2v) is 6.39. The number of nitrogens with one attached hydrogen (secondary N) is 1. The molecule has 0 saturated carbocycles. The lowest BCUT2D eigenvalue weighted by molar-refractivity contribution is -0.123. The predicted molar refractivity (Wildman–Crippen MR) is 110 cm³/mol. The molecule has 2 aromatic carbocycles. The van der Waals surface area contributed by atoms with Crippen LogP contribution in [0.5, 0.6) is 5.75 Å². The quantitative estimate of drug-likeness (QED) is 0.657. The molecular formula is C22H26N2O5. The minimum Gasteiger partial charge on any atom is -0.484 e. The van der Waals surface area contributed by atoms with Gasteiger partial charge in [-0.1, -0.05) is 17.7 Å². The highest BCUT2D eigenvalue weighted by molar-refractivity contribution is 5.93. The van der Waals surface area contributed by atoms with Gasteiger partial charge in [-0.2, -0.15) is 0 Å². The summed E-state index contributed by atoms with van der Waals surface area (Å²) >= 11 is 0. The second kappa shape index (κ2) is 10.8. The summed E-state index contributed by atoms with van der Waals surface area (Å²) in [5, 5.41) is 2.73. The van der Waals surface area contributed by atoms with Crippen molar-refractivity contribution in [1.29, 1.82) is 0 Å². The fourth-order valence-corrected chi connectivity index (χ4v) is 2.60. The topological polar surface area (TPSA) is 84.9 Å². The number of carbonyl (C=O) groups is 3. The van der Waals surface area contributed by atoms with Crippen molar-refractivity contribution in [2.75, 3.05) is 31.2 Å². The second-order valence-electron chi connectivity index (χ2n) is 6.39. The standard InChI is InChI=1S/C22H26N2O5/c1-4-28-22(27)18-7-9-19(10-8-18)24(17(3)25)14-13-23-21(26)15-29-20-11-5-16(2)6-12-20/h5-12H,4,13-15H2,1-3H3,(H,23,26). The van der Waals surface area contributed by atoms with Crippen LogP contribution in [0.1, 0.15) is 29.8 Å². The molecule has 0 unspecified atom stereocenters. The van der Waals surface area contributed by atoms with E-state index in [2.05, 4.69) is 5.32 Å². The van der Waals surface area contributed by atoms with Gasteiger partial charge in [-0.3, -0.25) is 9.59 Å². The number of hydrogen-bond donors (Lipinski definition) is 1. The van der Waals surface area contributed by atoms with Gasteiger partial charge in [0, 0.05) is 25.7 Å². The first-order chi connectivity index (χ1) is 13.9. The minimum absolute atomic E-state index is 0.0998. The number of ether oxygens (including phenoxy) is 2. The number of benzene rings is 2. The summed E-state index contributed by atoms with van der Waals surface area (Å²) in [5.41, 5.74) is 2.16. The molecule has 0 aromatic heterocycles. The van der Waals surface area contributed by atoms with E-state index in [-0.39, 0.29) is 25.0 Å². The molecule has 0 aliphatic carbocycles. The van der Waals surface area contributed by atoms with Crippen molar-refractivity contribution in [2.45, 2.75) is 20.8 Å². The largest absolute Gasteiger partial charge is 0.484 e. The number of anilines is 1. The van der Waals surface area contributed by atoms with Gasteiger partial charge < -0.3 is 19.7 Å². The van der Waals surface area contributed by atoms with E-state index in [0.717, 1.165) is 5.56 Å². The van der Waals surface area contributed by atoms with Crippen LogP contribution in [-0.4, -0.2) is 44.1 Å². The number of aryl methyl sites for hydroxylation is 1. The van der Waals surface area contributed by atoms with Crippen molar-refractivity contribution in [3.8, 4) is 5.75 Å². The molecule has 0 spiro atoms. The minimum atomic E-state index is -0.408. The Balaban J connectivity index is 1.84. The highest BCUT2D eigenvalue weighted by Gasteiger charge is 2.13. The first-order valence-electron chi connectivity index (χ1n) is 9.42. The summed E-state index contributed by atoms with van der Waals surface area (Å²) in [7, 11) is 0. The summed E-state index contributed by atoms with van der Waals surface area (Å²) in [6.45, 7) is 5.93. The first kappa shape index (κ1) is 21.9. The number of nitrogens with zero attached hydrogens (tertiary/aromatic N) is 1. The van der Waals surface area contributed by atoms with Crippen molar-refractivity contribution < 1.29 is 23.9 Å². The smallest absolute Gasteiger partial charge is 0.338 e. The van der Waals surface area contributed by atoms with Gasteiger partial charge in [-0.05, 0) is 50.2 Å². The highest BCUT2D eigenvalue weighted by Crippen LogP contribution is 2.16. The van der Waals surface area contributed by atoms with E-state index in [0.29, 0.717) is 30.2 Å². The van der Waals surface area contributed by atoms with E-state index in [1.807, 2.05) is 19.1 Å². The molecule has 7 heteroatoms. The summed E-state index contributed by atoms with van der Waals surface area (Å²) < 4.78 is 10.4. The average molecular weight is 398 g/mol. The Labute approximate surface area is 170 Å². The monoisotopic (exact) mass is 398 g/mol.